The van der Waals surface area contributed by atoms with Gasteiger partial charge in [-0.1, -0.05) is 18.2 Å². The van der Waals surface area contributed by atoms with Gasteiger partial charge in [-0.3, -0.25) is 19.2 Å². The summed E-state index contributed by atoms with van der Waals surface area (Å²) in [5, 5.41) is 8.53. The molecule has 4 fully saturated rings. The normalized spacial score (nSPS) is 33.6. The number of benzene rings is 1. The molecule has 4 aliphatic rings. The molecule has 4 aliphatic heterocycles. The summed E-state index contributed by atoms with van der Waals surface area (Å²) < 4.78 is 1.76. The lowest BCUT2D eigenvalue weighted by molar-refractivity contribution is -0.141. The molecule has 4 saturated heterocycles. The van der Waals surface area contributed by atoms with E-state index in [-0.39, 0.29) is 17.9 Å². The number of piperidine rings is 4. The molecule has 0 saturated carbocycles. The molecule has 0 radical (unpaired) electrons. The maximum atomic E-state index is 12.8. The predicted octanol–water partition coefficient (Wildman–Crippen LogP) is 1.50. The molecule has 0 aliphatic carbocycles. The molecule has 5 atom stereocenters. The largest absolute Gasteiger partial charge is 0.348 e. The van der Waals surface area contributed by atoms with E-state index < -0.39 is 0 Å². The summed E-state index contributed by atoms with van der Waals surface area (Å²) >= 11 is 0. The summed E-state index contributed by atoms with van der Waals surface area (Å²) in [6.45, 7) is 0.617. The maximum Gasteiger partial charge on any atom is 0.272 e. The van der Waals surface area contributed by atoms with Gasteiger partial charge in [0.15, 0.2) is 5.69 Å². The van der Waals surface area contributed by atoms with Crippen LogP contribution in [0.4, 0.5) is 0 Å². The Hall–Kier alpha value is -2.21. The number of fused-ring (bicyclic) bond motifs is 2. The molecule has 0 spiro atoms. The molecule has 130 valence electrons. The van der Waals surface area contributed by atoms with Crippen molar-refractivity contribution in [3.8, 4) is 0 Å². The number of ketones is 1. The molecule has 1 N–H and O–H groups in total. The summed E-state index contributed by atoms with van der Waals surface area (Å²) in [4.78, 5) is 27.1. The number of hydrogen-bond donors (Lipinski definition) is 1. The number of nitrogens with one attached hydrogen (secondary N) is 1. The number of carbonyl (C=O) groups is 2. The van der Waals surface area contributed by atoms with Crippen LogP contribution in [0.25, 0.3) is 10.9 Å². The third-order valence-corrected chi connectivity index (χ3v) is 6.27. The van der Waals surface area contributed by atoms with Crippen molar-refractivity contribution in [2.75, 3.05) is 6.54 Å². The van der Waals surface area contributed by atoms with E-state index in [1.165, 1.54) is 0 Å². The molecule has 6 nitrogen and oxygen atoms in total. The number of carbonyl (C=O) groups excluding carboxylic acids is 2. The molecular formula is C19H22N4O2. The van der Waals surface area contributed by atoms with Crippen LogP contribution in [-0.2, 0) is 11.8 Å². The number of aryl methyl sites for hydroxylation is 1. The zero-order chi connectivity index (χ0) is 17.1. The smallest absolute Gasteiger partial charge is 0.272 e. The Balaban J connectivity index is 1.34. The number of amides is 1. The SMILES string of the molecule is Cn1nc(C(=O)NC2CC3CC4C[C@H](C2)N3CC4=O)c2ccccc21. The van der Waals surface area contributed by atoms with E-state index in [1.807, 2.05) is 31.3 Å². The van der Waals surface area contributed by atoms with Gasteiger partial charge in [0.1, 0.15) is 5.78 Å². The van der Waals surface area contributed by atoms with Gasteiger partial charge in [0.25, 0.3) is 5.91 Å². The number of Topliss-reactive ketones (excluding diaryl/α,β-unsaturated/α-hetero) is 1. The fraction of sp³-hybridized carbons (Fsp3) is 0.526. The lowest BCUT2D eigenvalue weighted by Gasteiger charge is -2.54. The molecule has 5 heterocycles. The number of rotatable bonds is 2. The Labute approximate surface area is 146 Å². The molecule has 1 aromatic heterocycles. The van der Waals surface area contributed by atoms with Crippen LogP contribution in [0.3, 0.4) is 0 Å². The number of aromatic nitrogens is 2. The minimum Gasteiger partial charge on any atom is -0.348 e. The first-order chi connectivity index (χ1) is 12.1. The van der Waals surface area contributed by atoms with Crippen LogP contribution in [-0.4, -0.2) is 51.0 Å². The van der Waals surface area contributed by atoms with E-state index >= 15 is 0 Å². The van der Waals surface area contributed by atoms with Gasteiger partial charge in [-0.05, 0) is 31.7 Å². The second kappa shape index (κ2) is 5.39. The van der Waals surface area contributed by atoms with Crippen molar-refractivity contribution >= 4 is 22.6 Å². The highest BCUT2D eigenvalue weighted by Gasteiger charge is 2.48. The van der Waals surface area contributed by atoms with E-state index in [1.54, 1.807) is 4.68 Å². The van der Waals surface area contributed by atoms with Crippen LogP contribution in [0, 0.1) is 5.92 Å². The highest BCUT2D eigenvalue weighted by Crippen LogP contribution is 2.41. The van der Waals surface area contributed by atoms with Crippen LogP contribution in [0.1, 0.15) is 36.2 Å². The van der Waals surface area contributed by atoms with Gasteiger partial charge < -0.3 is 5.32 Å². The van der Waals surface area contributed by atoms with Crippen molar-refractivity contribution in [2.45, 2.75) is 43.8 Å². The number of hydrogen-bond acceptors (Lipinski definition) is 4. The van der Waals surface area contributed by atoms with Crippen LogP contribution in [0.15, 0.2) is 24.3 Å². The summed E-state index contributed by atoms with van der Waals surface area (Å²) in [6, 6.07) is 8.88. The zero-order valence-electron chi connectivity index (χ0n) is 14.3. The highest BCUT2D eigenvalue weighted by molar-refractivity contribution is 6.04. The van der Waals surface area contributed by atoms with E-state index in [0.29, 0.717) is 30.1 Å². The summed E-state index contributed by atoms with van der Waals surface area (Å²) in [7, 11) is 1.87. The molecule has 2 aromatic rings. The van der Waals surface area contributed by atoms with Crippen LogP contribution < -0.4 is 5.32 Å². The lowest BCUT2D eigenvalue weighted by Crippen LogP contribution is -2.64. The maximum absolute atomic E-state index is 12.8. The number of para-hydroxylation sites is 1. The van der Waals surface area contributed by atoms with Gasteiger partial charge in [0.2, 0.25) is 0 Å². The summed E-state index contributed by atoms with van der Waals surface area (Å²) in [5.74, 6) is 0.587. The molecule has 25 heavy (non-hydrogen) atoms. The molecule has 4 bridgehead atoms. The number of nitrogens with zero attached hydrogens (tertiary/aromatic N) is 3. The van der Waals surface area contributed by atoms with Gasteiger partial charge in [-0.25, -0.2) is 0 Å². The Kier molecular flexibility index (Phi) is 3.25. The van der Waals surface area contributed by atoms with Crippen molar-refractivity contribution in [3.63, 3.8) is 0 Å². The fourth-order valence-corrected chi connectivity index (χ4v) is 5.12. The molecular weight excluding hydrogens is 316 g/mol. The van der Waals surface area contributed by atoms with Gasteiger partial charge in [0.05, 0.1) is 12.1 Å². The minimum absolute atomic E-state index is 0.0852. The first kappa shape index (κ1) is 15.1. The van der Waals surface area contributed by atoms with Crippen molar-refractivity contribution in [1.82, 2.24) is 20.0 Å². The van der Waals surface area contributed by atoms with Crippen LogP contribution in [0.5, 0.6) is 0 Å². The van der Waals surface area contributed by atoms with E-state index in [9.17, 15) is 9.59 Å². The van der Waals surface area contributed by atoms with Crippen molar-refractivity contribution in [2.24, 2.45) is 13.0 Å². The Bertz CT molecular complexity index is 857. The third kappa shape index (κ3) is 2.31. The highest BCUT2D eigenvalue weighted by atomic mass is 16.2. The molecule has 6 heteroatoms. The van der Waals surface area contributed by atoms with Crippen molar-refractivity contribution < 1.29 is 9.59 Å². The Morgan fingerprint density at radius 2 is 1.88 bits per heavy atom. The van der Waals surface area contributed by atoms with E-state index in [0.717, 1.165) is 36.6 Å². The van der Waals surface area contributed by atoms with Crippen LogP contribution >= 0.6 is 0 Å². The topological polar surface area (TPSA) is 67.2 Å². The molecule has 1 aromatic carbocycles. The Morgan fingerprint density at radius 3 is 2.60 bits per heavy atom. The lowest BCUT2D eigenvalue weighted by atomic mass is 9.71. The average Bonchev–Trinajstić information content (AvgIpc) is 2.92. The van der Waals surface area contributed by atoms with Gasteiger partial charge in [-0.15, -0.1) is 0 Å². The first-order valence-electron chi connectivity index (χ1n) is 9.11. The fourth-order valence-electron chi connectivity index (χ4n) is 5.12. The Morgan fingerprint density at radius 1 is 1.16 bits per heavy atom. The van der Waals surface area contributed by atoms with Gasteiger partial charge in [0, 0.05) is 36.5 Å². The van der Waals surface area contributed by atoms with Gasteiger partial charge >= 0.3 is 0 Å². The molecule has 6 rings (SSSR count). The van der Waals surface area contributed by atoms with Crippen molar-refractivity contribution in [3.05, 3.63) is 30.0 Å². The minimum atomic E-state index is -0.0852. The molecule has 1 amide bonds. The van der Waals surface area contributed by atoms with E-state index in [2.05, 4.69) is 15.3 Å². The molecule has 4 unspecified atom stereocenters. The monoisotopic (exact) mass is 338 g/mol. The zero-order valence-corrected chi connectivity index (χ0v) is 14.3. The van der Waals surface area contributed by atoms with Crippen molar-refractivity contribution in [1.29, 1.82) is 0 Å². The second-order valence-corrected chi connectivity index (χ2v) is 7.75. The van der Waals surface area contributed by atoms with Gasteiger partial charge in [-0.2, -0.15) is 5.10 Å². The third-order valence-electron chi connectivity index (χ3n) is 6.27. The second-order valence-electron chi connectivity index (χ2n) is 7.75. The predicted molar refractivity (Wildman–Crippen MR) is 93.2 cm³/mol. The standard InChI is InChI=1S/C19H22N4O2/c1-22-16-5-3-2-4-15(16)18(21-22)19(25)20-12-8-13-6-11-7-14(9-12)23(13)10-17(11)24/h2-5,11-14H,6-10H2,1H3,(H,20,25)/t11?,12?,13-,14?/m1/s1. The quantitative estimate of drug-likeness (QED) is 0.901. The van der Waals surface area contributed by atoms with E-state index in [4.69, 9.17) is 0 Å². The first-order valence-corrected chi connectivity index (χ1v) is 9.11. The van der Waals surface area contributed by atoms with Crippen LogP contribution in [0.2, 0.25) is 0 Å². The average molecular weight is 338 g/mol. The summed E-state index contributed by atoms with van der Waals surface area (Å²) in [5.41, 5.74) is 1.47. The summed E-state index contributed by atoms with van der Waals surface area (Å²) in [6.07, 6.45) is 3.82.